The number of halogens is 3. The minimum atomic E-state index is -4.67. The van der Waals surface area contributed by atoms with Crippen molar-refractivity contribution in [2.45, 2.75) is 38.9 Å². The van der Waals surface area contributed by atoms with Gasteiger partial charge in [-0.3, -0.25) is 0 Å². The highest BCUT2D eigenvalue weighted by Gasteiger charge is 2.39. The van der Waals surface area contributed by atoms with Crippen molar-refractivity contribution in [1.29, 1.82) is 5.26 Å². The van der Waals surface area contributed by atoms with Crippen LogP contribution in [0.3, 0.4) is 0 Å². The summed E-state index contributed by atoms with van der Waals surface area (Å²) in [4.78, 5) is 0. The Kier molecular flexibility index (Phi) is 3.96. The van der Waals surface area contributed by atoms with Crippen LogP contribution in [0, 0.1) is 11.3 Å². The van der Waals surface area contributed by atoms with E-state index in [1.165, 1.54) is 6.07 Å². The van der Waals surface area contributed by atoms with Gasteiger partial charge in [-0.25, -0.2) is 4.68 Å². The lowest BCUT2D eigenvalue weighted by atomic mass is 9.87. The minimum absolute atomic E-state index is 0.0309. The molecule has 0 radical (unpaired) electrons. The molecule has 0 spiro atoms. The fourth-order valence-corrected chi connectivity index (χ4v) is 2.06. The first-order valence-corrected chi connectivity index (χ1v) is 6.63. The lowest BCUT2D eigenvalue weighted by Gasteiger charge is -2.19. The summed E-state index contributed by atoms with van der Waals surface area (Å²) in [6.45, 7) is 6.08. The number of nitrogens with zero attached hydrogens (tertiary/aromatic N) is 4. The monoisotopic (exact) mass is 308 g/mol. The van der Waals surface area contributed by atoms with Gasteiger partial charge in [0.1, 0.15) is 6.07 Å². The lowest BCUT2D eigenvalue weighted by molar-refractivity contribution is -0.144. The molecule has 1 heterocycles. The summed E-state index contributed by atoms with van der Waals surface area (Å²) in [6.07, 6.45) is -4.67. The van der Waals surface area contributed by atoms with E-state index >= 15 is 0 Å². The first-order chi connectivity index (χ1) is 10.1. The van der Waals surface area contributed by atoms with Gasteiger partial charge in [-0.15, -0.1) is 5.10 Å². The predicted molar refractivity (Wildman–Crippen MR) is 74.0 cm³/mol. The number of aromatic nitrogens is 3. The Labute approximate surface area is 126 Å². The fourth-order valence-electron chi connectivity index (χ4n) is 2.06. The zero-order valence-corrected chi connectivity index (χ0v) is 12.4. The van der Waals surface area contributed by atoms with Gasteiger partial charge in [0.2, 0.25) is 0 Å². The van der Waals surface area contributed by atoms with E-state index in [-0.39, 0.29) is 12.0 Å². The van der Waals surface area contributed by atoms with Gasteiger partial charge in [0.05, 0.1) is 6.54 Å². The Hall–Kier alpha value is -2.36. The molecular weight excluding hydrogens is 293 g/mol. The molecule has 0 amide bonds. The SMILES string of the molecule is CC(C)(C)c1ccc(Cn2nnc(C#N)c2C(F)(F)F)cc1. The van der Waals surface area contributed by atoms with Crippen molar-refractivity contribution < 1.29 is 13.2 Å². The maximum Gasteiger partial charge on any atom is 0.436 e. The summed E-state index contributed by atoms with van der Waals surface area (Å²) < 4.78 is 39.7. The molecule has 0 bridgehead atoms. The summed E-state index contributed by atoms with van der Waals surface area (Å²) in [5, 5.41) is 15.5. The van der Waals surface area contributed by atoms with Crippen LogP contribution in [-0.4, -0.2) is 15.0 Å². The molecular formula is C15H15F3N4. The Bertz CT molecular complexity index is 700. The molecule has 0 N–H and O–H groups in total. The van der Waals surface area contributed by atoms with Crippen molar-refractivity contribution in [2.24, 2.45) is 0 Å². The lowest BCUT2D eigenvalue weighted by Crippen LogP contribution is -2.17. The molecule has 4 nitrogen and oxygen atoms in total. The first-order valence-electron chi connectivity index (χ1n) is 6.63. The van der Waals surface area contributed by atoms with E-state index in [0.29, 0.717) is 10.2 Å². The van der Waals surface area contributed by atoms with E-state index in [4.69, 9.17) is 5.26 Å². The molecule has 116 valence electrons. The molecule has 2 aromatic rings. The van der Waals surface area contributed by atoms with Crippen molar-refractivity contribution in [1.82, 2.24) is 15.0 Å². The van der Waals surface area contributed by atoms with Gasteiger partial charge < -0.3 is 0 Å². The van der Waals surface area contributed by atoms with Crippen molar-refractivity contribution in [3.05, 3.63) is 46.8 Å². The third kappa shape index (κ3) is 3.27. The van der Waals surface area contributed by atoms with E-state index < -0.39 is 17.6 Å². The summed E-state index contributed by atoms with van der Waals surface area (Å²) in [6, 6.07) is 8.70. The van der Waals surface area contributed by atoms with Crippen LogP contribution in [0.1, 0.15) is 43.3 Å². The highest BCUT2D eigenvalue weighted by Crippen LogP contribution is 2.31. The van der Waals surface area contributed by atoms with Gasteiger partial charge in [0.15, 0.2) is 11.4 Å². The van der Waals surface area contributed by atoms with Crippen molar-refractivity contribution in [2.75, 3.05) is 0 Å². The van der Waals surface area contributed by atoms with Gasteiger partial charge in [-0.1, -0.05) is 50.3 Å². The highest BCUT2D eigenvalue weighted by molar-refractivity contribution is 5.30. The molecule has 0 aliphatic heterocycles. The average Bonchev–Trinajstić information content (AvgIpc) is 2.81. The molecule has 0 saturated heterocycles. The number of benzene rings is 1. The van der Waals surface area contributed by atoms with E-state index in [1.807, 2.05) is 12.1 Å². The number of hydrogen-bond donors (Lipinski definition) is 0. The van der Waals surface area contributed by atoms with Gasteiger partial charge in [0.25, 0.3) is 0 Å². The normalized spacial score (nSPS) is 12.2. The quantitative estimate of drug-likeness (QED) is 0.853. The van der Waals surface area contributed by atoms with Gasteiger partial charge in [0, 0.05) is 0 Å². The number of nitriles is 1. The minimum Gasteiger partial charge on any atom is -0.234 e. The van der Waals surface area contributed by atoms with Gasteiger partial charge >= 0.3 is 6.18 Å². The third-order valence-electron chi connectivity index (χ3n) is 3.26. The third-order valence-corrected chi connectivity index (χ3v) is 3.26. The number of alkyl halides is 3. The molecule has 0 aliphatic carbocycles. The van der Waals surface area contributed by atoms with Crippen molar-refractivity contribution >= 4 is 0 Å². The second kappa shape index (κ2) is 5.44. The van der Waals surface area contributed by atoms with Crippen LogP contribution in [-0.2, 0) is 18.1 Å². The first kappa shape index (κ1) is 16.0. The summed E-state index contributed by atoms with van der Waals surface area (Å²) in [7, 11) is 0. The molecule has 2 rings (SSSR count). The van der Waals surface area contributed by atoms with Crippen LogP contribution in [0.15, 0.2) is 24.3 Å². The van der Waals surface area contributed by atoms with E-state index in [0.717, 1.165) is 5.56 Å². The molecule has 22 heavy (non-hydrogen) atoms. The molecule has 7 heteroatoms. The zero-order chi connectivity index (χ0) is 16.5. The van der Waals surface area contributed by atoms with Crippen LogP contribution in [0.25, 0.3) is 0 Å². The Morgan fingerprint density at radius 1 is 1.14 bits per heavy atom. The van der Waals surface area contributed by atoms with E-state index in [1.54, 1.807) is 12.1 Å². The summed E-state index contributed by atoms with van der Waals surface area (Å²) in [5.41, 5.74) is -0.109. The molecule has 0 unspecified atom stereocenters. The summed E-state index contributed by atoms with van der Waals surface area (Å²) >= 11 is 0. The van der Waals surface area contributed by atoms with Crippen LogP contribution in [0.5, 0.6) is 0 Å². The maximum atomic E-state index is 13.0. The van der Waals surface area contributed by atoms with Crippen LogP contribution in [0.2, 0.25) is 0 Å². The van der Waals surface area contributed by atoms with Crippen molar-refractivity contribution in [3.63, 3.8) is 0 Å². The smallest absolute Gasteiger partial charge is 0.234 e. The van der Waals surface area contributed by atoms with Crippen LogP contribution >= 0.6 is 0 Å². The van der Waals surface area contributed by atoms with Gasteiger partial charge in [-0.05, 0) is 16.5 Å². The number of rotatable bonds is 2. The van der Waals surface area contributed by atoms with E-state index in [2.05, 4.69) is 31.1 Å². The highest BCUT2D eigenvalue weighted by atomic mass is 19.4. The molecule has 0 saturated carbocycles. The molecule has 0 aliphatic rings. The second-order valence-electron chi connectivity index (χ2n) is 6.00. The molecule has 1 aromatic carbocycles. The Morgan fingerprint density at radius 3 is 2.18 bits per heavy atom. The van der Waals surface area contributed by atoms with Crippen LogP contribution in [0.4, 0.5) is 13.2 Å². The molecule has 0 fully saturated rings. The topological polar surface area (TPSA) is 54.5 Å². The van der Waals surface area contributed by atoms with E-state index in [9.17, 15) is 13.2 Å². The maximum absolute atomic E-state index is 13.0. The van der Waals surface area contributed by atoms with Crippen molar-refractivity contribution in [3.8, 4) is 6.07 Å². The van der Waals surface area contributed by atoms with Crippen LogP contribution < -0.4 is 0 Å². The average molecular weight is 308 g/mol. The standard InChI is InChI=1S/C15H15F3N4/c1-14(2,3)11-6-4-10(5-7-11)9-22-13(15(16,17)18)12(8-19)20-21-22/h4-7H,9H2,1-3H3. The molecule has 1 aromatic heterocycles. The Balaban J connectivity index is 2.33. The fraction of sp³-hybridized carbons (Fsp3) is 0.400. The zero-order valence-electron chi connectivity index (χ0n) is 12.4. The molecule has 0 atom stereocenters. The second-order valence-corrected chi connectivity index (χ2v) is 6.00. The number of hydrogen-bond acceptors (Lipinski definition) is 3. The van der Waals surface area contributed by atoms with Gasteiger partial charge in [-0.2, -0.15) is 18.4 Å². The Morgan fingerprint density at radius 2 is 1.73 bits per heavy atom. The largest absolute Gasteiger partial charge is 0.436 e. The summed E-state index contributed by atoms with van der Waals surface area (Å²) in [5.74, 6) is 0. The predicted octanol–water partition coefficient (Wildman–Crippen LogP) is 3.51.